The summed E-state index contributed by atoms with van der Waals surface area (Å²) in [5.41, 5.74) is 2.91. The number of hydrogen-bond donors (Lipinski definition) is 2. The number of carbonyl (C=O) groups excluding carboxylic acids is 1. The molecule has 0 aliphatic rings. The van der Waals surface area contributed by atoms with E-state index in [9.17, 15) is 18.4 Å². The van der Waals surface area contributed by atoms with Gasteiger partial charge in [0.15, 0.2) is 5.82 Å². The highest BCUT2D eigenvalue weighted by Gasteiger charge is 2.21. The van der Waals surface area contributed by atoms with Gasteiger partial charge < -0.3 is 10.8 Å². The zero-order valence-electron chi connectivity index (χ0n) is 6.75. The van der Waals surface area contributed by atoms with E-state index in [1.807, 2.05) is 0 Å². The molecular formula is C8H5F2NO3. The summed E-state index contributed by atoms with van der Waals surface area (Å²) in [6.07, 6.45) is 0. The summed E-state index contributed by atoms with van der Waals surface area (Å²) in [5, 5.41) is 8.42. The Morgan fingerprint density at radius 1 is 1.29 bits per heavy atom. The van der Waals surface area contributed by atoms with E-state index in [1.165, 1.54) is 0 Å². The first-order valence-electron chi connectivity index (χ1n) is 3.46. The Bertz CT molecular complexity index is 417. The zero-order chi connectivity index (χ0) is 10.9. The first-order valence-corrected chi connectivity index (χ1v) is 3.46. The second-order valence-electron chi connectivity index (χ2n) is 2.45. The zero-order valence-corrected chi connectivity index (χ0v) is 6.75. The average molecular weight is 201 g/mol. The van der Waals surface area contributed by atoms with Gasteiger partial charge in [0.25, 0.3) is 5.91 Å². The van der Waals surface area contributed by atoms with Gasteiger partial charge in [-0.05, 0) is 12.1 Å². The molecule has 1 aromatic rings. The highest BCUT2D eigenvalue weighted by atomic mass is 19.1. The Kier molecular flexibility index (Phi) is 2.46. The summed E-state index contributed by atoms with van der Waals surface area (Å²) in [6.45, 7) is 0. The van der Waals surface area contributed by atoms with Crippen LogP contribution in [0.5, 0.6) is 0 Å². The van der Waals surface area contributed by atoms with Gasteiger partial charge >= 0.3 is 5.97 Å². The topological polar surface area (TPSA) is 80.4 Å². The number of nitrogens with two attached hydrogens (primary N) is 1. The van der Waals surface area contributed by atoms with E-state index in [-0.39, 0.29) is 0 Å². The van der Waals surface area contributed by atoms with Crippen molar-refractivity contribution in [2.24, 2.45) is 5.73 Å². The lowest BCUT2D eigenvalue weighted by molar-refractivity contribution is 0.0686. The van der Waals surface area contributed by atoms with Gasteiger partial charge in [-0.2, -0.15) is 0 Å². The van der Waals surface area contributed by atoms with E-state index in [1.54, 1.807) is 0 Å². The summed E-state index contributed by atoms with van der Waals surface area (Å²) >= 11 is 0. The SMILES string of the molecule is NC(=O)c1ccc(F)c(C(=O)O)c1F. The van der Waals surface area contributed by atoms with Crippen molar-refractivity contribution in [3.8, 4) is 0 Å². The predicted octanol–water partition coefficient (Wildman–Crippen LogP) is 0.762. The van der Waals surface area contributed by atoms with Crippen LogP contribution in [0.25, 0.3) is 0 Å². The van der Waals surface area contributed by atoms with Crippen molar-refractivity contribution in [3.05, 3.63) is 34.9 Å². The van der Waals surface area contributed by atoms with Crippen LogP contribution in [-0.4, -0.2) is 17.0 Å². The minimum Gasteiger partial charge on any atom is -0.477 e. The van der Waals surface area contributed by atoms with Crippen LogP contribution in [0.4, 0.5) is 8.78 Å². The Hall–Kier alpha value is -1.98. The van der Waals surface area contributed by atoms with Gasteiger partial charge in [0.2, 0.25) is 0 Å². The highest BCUT2D eigenvalue weighted by Crippen LogP contribution is 2.16. The lowest BCUT2D eigenvalue weighted by Gasteiger charge is -2.02. The molecule has 0 saturated heterocycles. The number of carboxylic acid groups (broad SMARTS) is 1. The highest BCUT2D eigenvalue weighted by molar-refractivity contribution is 5.97. The maximum absolute atomic E-state index is 13.1. The summed E-state index contributed by atoms with van der Waals surface area (Å²) in [7, 11) is 0. The number of carbonyl (C=O) groups is 2. The molecule has 0 aromatic heterocycles. The van der Waals surface area contributed by atoms with Crippen molar-refractivity contribution >= 4 is 11.9 Å². The van der Waals surface area contributed by atoms with Crippen LogP contribution >= 0.6 is 0 Å². The van der Waals surface area contributed by atoms with Crippen LogP contribution in [0.1, 0.15) is 20.7 Å². The smallest absolute Gasteiger partial charge is 0.341 e. The lowest BCUT2D eigenvalue weighted by Crippen LogP contribution is -2.16. The van der Waals surface area contributed by atoms with Crippen LogP contribution in [0.3, 0.4) is 0 Å². The first-order chi connectivity index (χ1) is 6.45. The van der Waals surface area contributed by atoms with Crippen molar-refractivity contribution in [1.29, 1.82) is 0 Å². The Morgan fingerprint density at radius 2 is 1.86 bits per heavy atom. The molecule has 0 radical (unpaired) electrons. The number of carboxylic acids is 1. The second kappa shape index (κ2) is 3.41. The molecule has 6 heteroatoms. The van der Waals surface area contributed by atoms with Gasteiger partial charge in [-0.1, -0.05) is 0 Å². The van der Waals surface area contributed by atoms with Gasteiger partial charge in [-0.25, -0.2) is 13.6 Å². The van der Waals surface area contributed by atoms with Gasteiger partial charge in [0.1, 0.15) is 11.4 Å². The average Bonchev–Trinajstić information content (AvgIpc) is 2.02. The molecule has 4 nitrogen and oxygen atoms in total. The molecule has 74 valence electrons. The van der Waals surface area contributed by atoms with Crippen molar-refractivity contribution in [1.82, 2.24) is 0 Å². The third-order valence-corrected chi connectivity index (χ3v) is 1.57. The Morgan fingerprint density at radius 3 is 2.29 bits per heavy atom. The summed E-state index contributed by atoms with van der Waals surface area (Å²) < 4.78 is 25.9. The number of amides is 1. The van der Waals surface area contributed by atoms with E-state index in [0.29, 0.717) is 6.07 Å². The van der Waals surface area contributed by atoms with Gasteiger partial charge in [0.05, 0.1) is 5.56 Å². The summed E-state index contributed by atoms with van der Waals surface area (Å²) in [4.78, 5) is 21.0. The van der Waals surface area contributed by atoms with E-state index < -0.39 is 34.6 Å². The molecule has 14 heavy (non-hydrogen) atoms. The van der Waals surface area contributed by atoms with Gasteiger partial charge in [0, 0.05) is 0 Å². The molecule has 0 atom stereocenters. The van der Waals surface area contributed by atoms with Crippen LogP contribution in [0.2, 0.25) is 0 Å². The normalized spacial score (nSPS) is 9.86. The maximum Gasteiger partial charge on any atom is 0.341 e. The van der Waals surface area contributed by atoms with Crippen molar-refractivity contribution in [2.45, 2.75) is 0 Å². The molecule has 0 aliphatic heterocycles. The molecule has 0 spiro atoms. The van der Waals surface area contributed by atoms with Crippen molar-refractivity contribution in [3.63, 3.8) is 0 Å². The number of aromatic carboxylic acids is 1. The Labute approximate surface area is 76.9 Å². The monoisotopic (exact) mass is 201 g/mol. The van der Waals surface area contributed by atoms with E-state index in [4.69, 9.17) is 10.8 Å². The van der Waals surface area contributed by atoms with Crippen LogP contribution < -0.4 is 5.73 Å². The largest absolute Gasteiger partial charge is 0.477 e. The standard InChI is InChI=1S/C8H5F2NO3/c9-4-2-1-3(7(11)12)6(10)5(4)8(13)14/h1-2H,(H2,11,12)(H,13,14). The molecule has 0 saturated carbocycles. The fraction of sp³-hybridized carbons (Fsp3) is 0. The second-order valence-corrected chi connectivity index (χ2v) is 2.45. The lowest BCUT2D eigenvalue weighted by atomic mass is 10.1. The molecule has 0 fully saturated rings. The molecule has 1 amide bonds. The molecule has 3 N–H and O–H groups in total. The molecule has 1 rings (SSSR count). The van der Waals surface area contributed by atoms with Crippen molar-refractivity contribution < 1.29 is 23.5 Å². The summed E-state index contributed by atoms with van der Waals surface area (Å²) in [6, 6.07) is 1.46. The fourth-order valence-corrected chi connectivity index (χ4v) is 0.939. The van der Waals surface area contributed by atoms with Crippen LogP contribution in [0.15, 0.2) is 12.1 Å². The first kappa shape index (κ1) is 10.1. The predicted molar refractivity (Wildman–Crippen MR) is 41.8 cm³/mol. The van der Waals surface area contributed by atoms with Gasteiger partial charge in [-0.15, -0.1) is 0 Å². The number of benzene rings is 1. The van der Waals surface area contributed by atoms with E-state index in [0.717, 1.165) is 6.07 Å². The summed E-state index contributed by atoms with van der Waals surface area (Å²) in [5.74, 6) is -5.64. The number of primary amides is 1. The molecular weight excluding hydrogens is 196 g/mol. The number of hydrogen-bond acceptors (Lipinski definition) is 2. The number of rotatable bonds is 2. The minimum atomic E-state index is -1.79. The Balaban J connectivity index is 3.49. The van der Waals surface area contributed by atoms with Crippen molar-refractivity contribution in [2.75, 3.05) is 0 Å². The van der Waals surface area contributed by atoms with Gasteiger partial charge in [-0.3, -0.25) is 4.79 Å². The van der Waals surface area contributed by atoms with Crippen LogP contribution in [-0.2, 0) is 0 Å². The molecule has 0 heterocycles. The molecule has 0 bridgehead atoms. The van der Waals surface area contributed by atoms with Crippen LogP contribution in [0, 0.1) is 11.6 Å². The minimum absolute atomic E-state index is 0.649. The number of halogens is 2. The molecule has 0 unspecified atom stereocenters. The van der Waals surface area contributed by atoms with E-state index >= 15 is 0 Å². The molecule has 1 aromatic carbocycles. The third-order valence-electron chi connectivity index (χ3n) is 1.57. The quantitative estimate of drug-likeness (QED) is 0.741. The molecule has 0 aliphatic carbocycles. The third kappa shape index (κ3) is 1.54. The maximum atomic E-state index is 13.1. The van der Waals surface area contributed by atoms with E-state index in [2.05, 4.69) is 0 Å². The fourth-order valence-electron chi connectivity index (χ4n) is 0.939.